The van der Waals surface area contributed by atoms with Gasteiger partial charge in [0, 0.05) is 4.47 Å². The van der Waals surface area contributed by atoms with E-state index in [1.807, 2.05) is 24.3 Å². The number of benzene rings is 2. The van der Waals surface area contributed by atoms with Crippen molar-refractivity contribution in [3.8, 4) is 5.75 Å². The molecule has 0 unspecified atom stereocenters. The second-order valence-electron chi connectivity index (χ2n) is 3.95. The fourth-order valence-electron chi connectivity index (χ4n) is 1.67. The topological polar surface area (TPSA) is 59.1 Å². The van der Waals surface area contributed by atoms with Gasteiger partial charge < -0.3 is 10.5 Å². The summed E-state index contributed by atoms with van der Waals surface area (Å²) < 4.78 is 20.1. The molecule has 0 heterocycles. The Bertz CT molecular complexity index is 616. The Morgan fingerprint density at radius 1 is 1.26 bits per heavy atom. The molecule has 0 amide bonds. The van der Waals surface area contributed by atoms with E-state index < -0.39 is 5.82 Å². The molecule has 0 saturated heterocycles. The van der Waals surface area contributed by atoms with E-state index in [1.54, 1.807) is 6.07 Å². The van der Waals surface area contributed by atoms with Crippen LogP contribution < -0.4 is 10.5 Å². The predicted molar refractivity (Wildman–Crippen MR) is 75.9 cm³/mol. The molecule has 19 heavy (non-hydrogen) atoms. The first-order valence-electron chi connectivity index (χ1n) is 5.58. The highest BCUT2D eigenvalue weighted by Crippen LogP contribution is 2.22. The summed E-state index contributed by atoms with van der Waals surface area (Å²) in [5.74, 6) is -0.631. The Morgan fingerprint density at radius 3 is 2.68 bits per heavy atom. The third-order valence-corrected chi connectivity index (χ3v) is 3.02. The summed E-state index contributed by atoms with van der Waals surface area (Å²) in [5.41, 5.74) is 6.30. The molecule has 0 spiro atoms. The van der Waals surface area contributed by atoms with Crippen molar-refractivity contribution in [1.82, 2.24) is 0 Å². The van der Waals surface area contributed by atoms with Crippen molar-refractivity contribution in [2.75, 3.05) is 0 Å². The molecule has 3 nitrogen and oxygen atoms in total. The smallest absolute Gasteiger partial charge is 0.137 e. The van der Waals surface area contributed by atoms with Crippen molar-refractivity contribution < 1.29 is 9.13 Å². The molecule has 5 heteroatoms. The first kappa shape index (κ1) is 13.5. The quantitative estimate of drug-likeness (QED) is 0.669. The summed E-state index contributed by atoms with van der Waals surface area (Å²) >= 11 is 3.37. The maximum atomic E-state index is 13.6. The summed E-state index contributed by atoms with van der Waals surface area (Å²) in [6.07, 6.45) is 0. The average molecular weight is 323 g/mol. The van der Waals surface area contributed by atoms with E-state index >= 15 is 0 Å². The molecule has 0 saturated carbocycles. The maximum Gasteiger partial charge on any atom is 0.137 e. The molecule has 0 atom stereocenters. The summed E-state index contributed by atoms with van der Waals surface area (Å²) in [7, 11) is 0. The normalized spacial score (nSPS) is 10.2. The molecule has 0 aliphatic heterocycles. The van der Waals surface area contributed by atoms with E-state index in [-0.39, 0.29) is 23.8 Å². The molecular weight excluding hydrogens is 311 g/mol. The van der Waals surface area contributed by atoms with Gasteiger partial charge in [0.15, 0.2) is 0 Å². The lowest BCUT2D eigenvalue weighted by Crippen LogP contribution is -2.15. The van der Waals surface area contributed by atoms with Crippen LogP contribution in [-0.2, 0) is 6.61 Å². The SMILES string of the molecule is N=C(N)c1c(F)cccc1OCc1cccc(Br)c1. The molecule has 98 valence electrons. The predicted octanol–water partition coefficient (Wildman–Crippen LogP) is 3.45. The van der Waals surface area contributed by atoms with E-state index in [1.165, 1.54) is 12.1 Å². The number of hydrogen-bond acceptors (Lipinski definition) is 2. The van der Waals surface area contributed by atoms with Crippen molar-refractivity contribution in [1.29, 1.82) is 5.41 Å². The Labute approximate surface area is 118 Å². The van der Waals surface area contributed by atoms with Gasteiger partial charge in [-0.1, -0.05) is 34.1 Å². The third-order valence-electron chi connectivity index (χ3n) is 2.53. The van der Waals surface area contributed by atoms with Gasteiger partial charge in [-0.25, -0.2) is 4.39 Å². The van der Waals surface area contributed by atoms with Crippen LogP contribution in [-0.4, -0.2) is 5.84 Å². The number of nitrogen functional groups attached to an aromatic ring is 1. The first-order chi connectivity index (χ1) is 9.08. The second kappa shape index (κ2) is 5.84. The zero-order valence-electron chi connectivity index (χ0n) is 9.99. The van der Waals surface area contributed by atoms with Crippen molar-refractivity contribution in [3.63, 3.8) is 0 Å². The van der Waals surface area contributed by atoms with Gasteiger partial charge in [-0.15, -0.1) is 0 Å². The minimum Gasteiger partial charge on any atom is -0.488 e. The standard InChI is InChI=1S/C14H12BrFN2O/c15-10-4-1-3-9(7-10)8-19-12-6-2-5-11(16)13(12)14(17)18/h1-7H,8H2,(H3,17,18). The average Bonchev–Trinajstić information content (AvgIpc) is 2.36. The van der Waals surface area contributed by atoms with Gasteiger partial charge in [-0.2, -0.15) is 0 Å². The van der Waals surface area contributed by atoms with Crippen molar-refractivity contribution >= 4 is 21.8 Å². The summed E-state index contributed by atoms with van der Waals surface area (Å²) in [6, 6.07) is 12.0. The molecule has 2 rings (SSSR count). The van der Waals surface area contributed by atoms with Crippen LogP contribution in [0.25, 0.3) is 0 Å². The zero-order valence-corrected chi connectivity index (χ0v) is 11.6. The van der Waals surface area contributed by atoms with Crippen LogP contribution in [0, 0.1) is 11.2 Å². The lowest BCUT2D eigenvalue weighted by atomic mass is 10.1. The van der Waals surface area contributed by atoms with Crippen LogP contribution >= 0.6 is 15.9 Å². The lowest BCUT2D eigenvalue weighted by Gasteiger charge is -2.11. The van der Waals surface area contributed by atoms with Crippen molar-refractivity contribution in [2.45, 2.75) is 6.61 Å². The monoisotopic (exact) mass is 322 g/mol. The Kier molecular flexibility index (Phi) is 4.16. The fraction of sp³-hybridized carbons (Fsp3) is 0.0714. The molecule has 0 bridgehead atoms. The minimum absolute atomic E-state index is 0.00232. The molecule has 0 aliphatic carbocycles. The van der Waals surface area contributed by atoms with E-state index in [2.05, 4.69) is 15.9 Å². The maximum absolute atomic E-state index is 13.6. The largest absolute Gasteiger partial charge is 0.488 e. The van der Waals surface area contributed by atoms with Gasteiger partial charge in [-0.3, -0.25) is 5.41 Å². The summed E-state index contributed by atoms with van der Waals surface area (Å²) in [4.78, 5) is 0. The highest BCUT2D eigenvalue weighted by Gasteiger charge is 2.12. The van der Waals surface area contributed by atoms with E-state index in [0.717, 1.165) is 10.0 Å². The van der Waals surface area contributed by atoms with Crippen LogP contribution in [0.4, 0.5) is 4.39 Å². The second-order valence-corrected chi connectivity index (χ2v) is 4.86. The van der Waals surface area contributed by atoms with Crippen molar-refractivity contribution in [2.24, 2.45) is 5.73 Å². The number of halogens is 2. The summed E-state index contributed by atoms with van der Waals surface area (Å²) in [6.45, 7) is 0.281. The highest BCUT2D eigenvalue weighted by atomic mass is 79.9. The van der Waals surface area contributed by atoms with Crippen LogP contribution in [0.3, 0.4) is 0 Å². The molecule has 2 aromatic rings. The van der Waals surface area contributed by atoms with E-state index in [9.17, 15) is 4.39 Å². The fourth-order valence-corrected chi connectivity index (χ4v) is 2.12. The highest BCUT2D eigenvalue weighted by molar-refractivity contribution is 9.10. The van der Waals surface area contributed by atoms with E-state index in [0.29, 0.717) is 0 Å². The van der Waals surface area contributed by atoms with Gasteiger partial charge >= 0.3 is 0 Å². The van der Waals surface area contributed by atoms with Crippen LogP contribution in [0.5, 0.6) is 5.75 Å². The molecule has 0 aliphatic rings. The number of hydrogen-bond donors (Lipinski definition) is 2. The minimum atomic E-state index is -0.556. The number of ether oxygens (including phenoxy) is 1. The van der Waals surface area contributed by atoms with Crippen LogP contribution in [0.15, 0.2) is 46.9 Å². The van der Waals surface area contributed by atoms with Crippen LogP contribution in [0.1, 0.15) is 11.1 Å². The van der Waals surface area contributed by atoms with Gasteiger partial charge in [0.1, 0.15) is 24.0 Å². The molecule has 0 radical (unpaired) electrons. The third kappa shape index (κ3) is 3.32. The number of nitrogens with two attached hydrogens (primary N) is 1. The Balaban J connectivity index is 2.20. The van der Waals surface area contributed by atoms with Gasteiger partial charge in [0.05, 0.1) is 5.56 Å². The molecular formula is C14H12BrFN2O. The Morgan fingerprint density at radius 2 is 2.00 bits per heavy atom. The number of rotatable bonds is 4. The number of nitrogens with one attached hydrogen (secondary N) is 1. The number of amidine groups is 1. The molecule has 3 N–H and O–H groups in total. The molecule has 0 aromatic heterocycles. The van der Waals surface area contributed by atoms with Gasteiger partial charge in [0.2, 0.25) is 0 Å². The summed E-state index contributed by atoms with van der Waals surface area (Å²) in [5, 5.41) is 7.38. The van der Waals surface area contributed by atoms with Gasteiger partial charge in [-0.05, 0) is 29.8 Å². The van der Waals surface area contributed by atoms with Crippen LogP contribution in [0.2, 0.25) is 0 Å². The zero-order chi connectivity index (χ0) is 13.8. The lowest BCUT2D eigenvalue weighted by molar-refractivity contribution is 0.304. The first-order valence-corrected chi connectivity index (χ1v) is 6.37. The molecule has 2 aromatic carbocycles. The van der Waals surface area contributed by atoms with Crippen molar-refractivity contribution in [3.05, 3.63) is 63.9 Å². The Hall–Kier alpha value is -1.88. The van der Waals surface area contributed by atoms with E-state index in [4.69, 9.17) is 15.9 Å². The van der Waals surface area contributed by atoms with Gasteiger partial charge in [0.25, 0.3) is 0 Å². The molecule has 0 fully saturated rings.